The molecular weight excluding hydrogens is 542 g/mol. The Kier molecular flexibility index (Phi) is 9.40. The Balaban J connectivity index is 1.41. The highest BCUT2D eigenvalue weighted by Gasteiger charge is 2.52. The highest BCUT2D eigenvalue weighted by atomic mass is 16.8. The van der Waals surface area contributed by atoms with E-state index < -0.39 is 55.4 Å². The lowest BCUT2D eigenvalue weighted by atomic mass is 9.95. The molecule has 2 N–H and O–H groups in total. The molecule has 0 saturated carbocycles. The van der Waals surface area contributed by atoms with Gasteiger partial charge in [0, 0.05) is 23.6 Å². The molecule has 1 amide bonds. The van der Waals surface area contributed by atoms with Gasteiger partial charge in [-0.3, -0.25) is 9.59 Å². The van der Waals surface area contributed by atoms with E-state index >= 15 is 0 Å². The topological polar surface area (TPSA) is 130 Å². The Bertz CT molecular complexity index is 1410. The molecule has 5 rings (SSSR count). The maximum absolute atomic E-state index is 12.7. The van der Waals surface area contributed by atoms with Gasteiger partial charge in [0.15, 0.2) is 12.1 Å². The number of para-hydroxylation sites is 1. The zero-order chi connectivity index (χ0) is 29.5. The second-order valence-electron chi connectivity index (χ2n) is 9.83. The lowest BCUT2D eigenvalue weighted by Crippen LogP contribution is -2.68. The van der Waals surface area contributed by atoms with Gasteiger partial charge in [-0.25, -0.2) is 4.79 Å². The van der Waals surface area contributed by atoms with Crippen LogP contribution in [0.3, 0.4) is 0 Å². The van der Waals surface area contributed by atoms with Crippen LogP contribution in [0.15, 0.2) is 91.0 Å². The second-order valence-corrected chi connectivity index (χ2v) is 9.83. The summed E-state index contributed by atoms with van der Waals surface area (Å²) in [4.78, 5) is 36.5. The van der Waals surface area contributed by atoms with Crippen LogP contribution in [-0.4, -0.2) is 66.6 Å². The number of ether oxygens (including phenoxy) is 5. The van der Waals surface area contributed by atoms with Crippen LogP contribution in [-0.2, 0) is 28.5 Å². The van der Waals surface area contributed by atoms with Crippen LogP contribution < -0.4 is 10.1 Å². The van der Waals surface area contributed by atoms with Crippen LogP contribution in [0.4, 0.5) is 0 Å². The van der Waals surface area contributed by atoms with Crippen molar-refractivity contribution in [2.24, 2.45) is 0 Å². The van der Waals surface area contributed by atoms with E-state index in [0.717, 1.165) is 5.56 Å². The van der Waals surface area contributed by atoms with Gasteiger partial charge >= 0.3 is 5.97 Å². The van der Waals surface area contributed by atoms with Crippen molar-refractivity contribution in [2.45, 2.75) is 43.9 Å². The first-order valence-electron chi connectivity index (χ1n) is 13.5. The van der Waals surface area contributed by atoms with Gasteiger partial charge in [0.2, 0.25) is 12.2 Å². The first-order chi connectivity index (χ1) is 20.4. The van der Waals surface area contributed by atoms with E-state index in [1.807, 2.05) is 36.4 Å². The number of rotatable bonds is 10. The molecule has 0 bridgehead atoms. The molecule has 6 unspecified atom stereocenters. The van der Waals surface area contributed by atoms with Gasteiger partial charge in [-0.15, -0.1) is 0 Å². The molecule has 2 aliphatic heterocycles. The molecule has 2 heterocycles. The van der Waals surface area contributed by atoms with Crippen LogP contribution >= 0.6 is 0 Å². The molecule has 2 saturated heterocycles. The van der Waals surface area contributed by atoms with E-state index in [1.54, 1.807) is 54.6 Å². The van der Waals surface area contributed by atoms with Crippen LogP contribution in [0.1, 0.15) is 34.7 Å². The van der Waals surface area contributed by atoms with Gasteiger partial charge in [-0.2, -0.15) is 0 Å². The Labute approximate surface area is 242 Å². The van der Waals surface area contributed by atoms with Gasteiger partial charge < -0.3 is 34.1 Å². The fraction of sp³-hybridized carbons (Fsp3) is 0.281. The van der Waals surface area contributed by atoms with E-state index in [-0.39, 0.29) is 12.4 Å². The van der Waals surface area contributed by atoms with E-state index in [4.69, 9.17) is 23.7 Å². The van der Waals surface area contributed by atoms with Gasteiger partial charge in [-0.1, -0.05) is 78.9 Å². The zero-order valence-electron chi connectivity index (χ0n) is 22.8. The number of nitrogens with one attached hydrogen (secondary N) is 1. The third-order valence-corrected chi connectivity index (χ3v) is 6.81. The number of hydrogen-bond acceptors (Lipinski definition) is 8. The van der Waals surface area contributed by atoms with Crippen molar-refractivity contribution in [1.82, 2.24) is 5.32 Å². The number of benzene rings is 3. The molecule has 0 spiro atoms. The van der Waals surface area contributed by atoms with Crippen molar-refractivity contribution in [3.8, 4) is 5.75 Å². The van der Waals surface area contributed by atoms with Crippen molar-refractivity contribution in [1.29, 1.82) is 0 Å². The van der Waals surface area contributed by atoms with Crippen molar-refractivity contribution < 1.29 is 43.2 Å². The number of carboxylic acid groups (broad SMARTS) is 1. The highest BCUT2D eigenvalue weighted by Crippen LogP contribution is 2.36. The maximum atomic E-state index is 12.7. The van der Waals surface area contributed by atoms with Crippen LogP contribution in [0.25, 0.3) is 6.08 Å². The number of aliphatic carboxylic acids is 1. The standard InChI is InChI=1S/C32H31NO9/c1-20(34)33-28-30(38-19-27(36)37)29-26(18-39-31(42-29)23-13-6-3-7-14-23)41-32(28)40-25-15-9-8-12-22(25)16-17-24(35)21-10-4-2-5-11-21/h2-17,26,28-32H,18-19H2,1H3,(H,33,34)(H,36,37)/b17-16+. The normalized spacial score (nSPS) is 25.4. The molecule has 10 nitrogen and oxygen atoms in total. The quantitative estimate of drug-likeness (QED) is 0.275. The first kappa shape index (κ1) is 29.2. The predicted octanol–water partition coefficient (Wildman–Crippen LogP) is 3.78. The SMILES string of the molecule is CC(=O)NC1C(Oc2ccccc2/C=C/C(=O)c2ccccc2)OC2COC(c3ccccc3)OC2C1OCC(=O)O. The molecule has 3 aromatic carbocycles. The zero-order valence-corrected chi connectivity index (χ0v) is 22.8. The third kappa shape index (κ3) is 7.10. The first-order valence-corrected chi connectivity index (χ1v) is 13.5. The number of carbonyl (C=O) groups is 3. The molecule has 218 valence electrons. The fourth-order valence-corrected chi connectivity index (χ4v) is 4.92. The number of ketones is 1. The minimum atomic E-state index is -1.18. The summed E-state index contributed by atoms with van der Waals surface area (Å²) in [6.07, 6.45) is -1.18. The Morgan fingerprint density at radius 2 is 1.64 bits per heavy atom. The summed E-state index contributed by atoms with van der Waals surface area (Å²) in [6, 6.07) is 24.3. The molecule has 10 heteroatoms. The summed E-state index contributed by atoms with van der Waals surface area (Å²) >= 11 is 0. The summed E-state index contributed by atoms with van der Waals surface area (Å²) < 4.78 is 30.6. The summed E-state index contributed by atoms with van der Waals surface area (Å²) in [7, 11) is 0. The minimum Gasteiger partial charge on any atom is -0.480 e. The van der Waals surface area contributed by atoms with Crippen molar-refractivity contribution in [2.75, 3.05) is 13.2 Å². The second kappa shape index (κ2) is 13.5. The fourth-order valence-electron chi connectivity index (χ4n) is 4.92. The molecule has 0 aliphatic carbocycles. The van der Waals surface area contributed by atoms with Crippen LogP contribution in [0, 0.1) is 0 Å². The van der Waals surface area contributed by atoms with Gasteiger partial charge in [0.1, 0.15) is 36.7 Å². The largest absolute Gasteiger partial charge is 0.480 e. The Hall–Kier alpha value is -4.35. The number of amides is 1. The average molecular weight is 574 g/mol. The molecule has 3 aromatic rings. The van der Waals surface area contributed by atoms with Crippen LogP contribution in [0.5, 0.6) is 5.75 Å². The van der Waals surface area contributed by atoms with Crippen molar-refractivity contribution in [3.63, 3.8) is 0 Å². The summed E-state index contributed by atoms with van der Waals surface area (Å²) in [6.45, 7) is 0.815. The number of carbonyl (C=O) groups excluding carboxylic acids is 2. The summed E-state index contributed by atoms with van der Waals surface area (Å²) in [5, 5.41) is 12.2. The van der Waals surface area contributed by atoms with E-state index in [9.17, 15) is 19.5 Å². The number of allylic oxidation sites excluding steroid dienone is 1. The van der Waals surface area contributed by atoms with Gasteiger partial charge in [-0.05, 0) is 18.2 Å². The third-order valence-electron chi connectivity index (χ3n) is 6.81. The summed E-state index contributed by atoms with van der Waals surface area (Å²) in [5.74, 6) is -1.37. The maximum Gasteiger partial charge on any atom is 0.329 e. The number of carboxylic acids is 1. The van der Waals surface area contributed by atoms with Crippen molar-refractivity contribution in [3.05, 3.63) is 108 Å². The van der Waals surface area contributed by atoms with Gasteiger partial charge in [0.25, 0.3) is 0 Å². The van der Waals surface area contributed by atoms with Crippen LogP contribution in [0.2, 0.25) is 0 Å². The van der Waals surface area contributed by atoms with E-state index in [1.165, 1.54) is 13.0 Å². The Morgan fingerprint density at radius 1 is 0.952 bits per heavy atom. The average Bonchev–Trinajstić information content (AvgIpc) is 3.00. The lowest BCUT2D eigenvalue weighted by Gasteiger charge is -2.49. The number of hydrogen-bond donors (Lipinski definition) is 2. The molecule has 2 aliphatic rings. The minimum absolute atomic E-state index is 0.108. The van der Waals surface area contributed by atoms with E-state index in [2.05, 4.69) is 5.32 Å². The molecule has 2 fully saturated rings. The predicted molar refractivity (Wildman–Crippen MR) is 151 cm³/mol. The van der Waals surface area contributed by atoms with Gasteiger partial charge in [0.05, 0.1) is 6.61 Å². The van der Waals surface area contributed by atoms with E-state index in [0.29, 0.717) is 16.9 Å². The van der Waals surface area contributed by atoms with Crippen molar-refractivity contribution >= 4 is 23.7 Å². The number of fused-ring (bicyclic) bond motifs is 1. The highest BCUT2D eigenvalue weighted by molar-refractivity contribution is 6.06. The monoisotopic (exact) mass is 573 g/mol. The Morgan fingerprint density at radius 3 is 2.36 bits per heavy atom. The molecule has 42 heavy (non-hydrogen) atoms. The lowest BCUT2D eigenvalue weighted by molar-refractivity contribution is -0.337. The molecule has 0 radical (unpaired) electrons. The molecule has 0 aromatic heterocycles. The molecular formula is C32H31NO9. The smallest absolute Gasteiger partial charge is 0.329 e. The summed E-state index contributed by atoms with van der Waals surface area (Å²) in [5.41, 5.74) is 1.91. The molecule has 6 atom stereocenters.